The molecule has 7 nitrogen and oxygen atoms in total. The number of hydrogen-bond donors (Lipinski definition) is 1. The minimum atomic E-state index is -0.0787. The first kappa shape index (κ1) is 21.3. The third kappa shape index (κ3) is 6.29. The molecule has 1 atom stereocenters. The highest BCUT2D eigenvalue weighted by molar-refractivity contribution is 6.30. The number of nitrogens with zero attached hydrogens (tertiary/aromatic N) is 2. The molecule has 1 amide bonds. The van der Waals surface area contributed by atoms with Crippen molar-refractivity contribution in [2.45, 2.75) is 38.3 Å². The SMILES string of the molecule is O=C(CCc1nc(-c2ccc(Cl)cc2)no1)NCc1ccc(OCC2CCCO2)cc1. The van der Waals surface area contributed by atoms with Gasteiger partial charge in [-0.1, -0.05) is 28.9 Å². The van der Waals surface area contributed by atoms with Gasteiger partial charge in [-0.2, -0.15) is 4.98 Å². The van der Waals surface area contributed by atoms with Gasteiger partial charge in [0, 0.05) is 36.6 Å². The Morgan fingerprint density at radius 2 is 1.97 bits per heavy atom. The Kier molecular flexibility index (Phi) is 7.17. The smallest absolute Gasteiger partial charge is 0.227 e. The van der Waals surface area contributed by atoms with Crippen molar-refractivity contribution < 1.29 is 18.8 Å². The van der Waals surface area contributed by atoms with Crippen molar-refractivity contribution in [1.29, 1.82) is 0 Å². The highest BCUT2D eigenvalue weighted by Gasteiger charge is 2.16. The molecule has 1 saturated heterocycles. The highest BCUT2D eigenvalue weighted by atomic mass is 35.5. The van der Waals surface area contributed by atoms with Crippen LogP contribution in [0.3, 0.4) is 0 Å². The van der Waals surface area contributed by atoms with E-state index in [2.05, 4.69) is 15.5 Å². The van der Waals surface area contributed by atoms with Gasteiger partial charge in [0.15, 0.2) is 0 Å². The van der Waals surface area contributed by atoms with Gasteiger partial charge >= 0.3 is 0 Å². The second-order valence-corrected chi connectivity index (χ2v) is 7.82. The van der Waals surface area contributed by atoms with E-state index in [1.807, 2.05) is 36.4 Å². The molecular formula is C23H24ClN3O4. The third-order valence-corrected chi connectivity index (χ3v) is 5.26. The van der Waals surface area contributed by atoms with E-state index in [1.54, 1.807) is 12.1 Å². The lowest BCUT2D eigenvalue weighted by Crippen LogP contribution is -2.23. The zero-order valence-corrected chi connectivity index (χ0v) is 17.8. The van der Waals surface area contributed by atoms with Crippen LogP contribution in [0.25, 0.3) is 11.4 Å². The van der Waals surface area contributed by atoms with Crippen molar-refractivity contribution >= 4 is 17.5 Å². The number of amides is 1. The summed E-state index contributed by atoms with van der Waals surface area (Å²) in [5, 5.41) is 7.50. The van der Waals surface area contributed by atoms with Crippen molar-refractivity contribution in [3.63, 3.8) is 0 Å². The van der Waals surface area contributed by atoms with Gasteiger partial charge in [-0.3, -0.25) is 4.79 Å². The first-order chi connectivity index (χ1) is 15.2. The number of aromatic nitrogens is 2. The van der Waals surface area contributed by atoms with Crippen LogP contribution in [0.4, 0.5) is 0 Å². The first-order valence-electron chi connectivity index (χ1n) is 10.3. The van der Waals surface area contributed by atoms with E-state index in [-0.39, 0.29) is 18.4 Å². The molecule has 0 saturated carbocycles. The summed E-state index contributed by atoms with van der Waals surface area (Å²) in [5.74, 6) is 1.63. The fraction of sp³-hybridized carbons (Fsp3) is 0.348. The molecule has 4 rings (SSSR count). The molecule has 2 aromatic carbocycles. The summed E-state index contributed by atoms with van der Waals surface area (Å²) >= 11 is 5.89. The summed E-state index contributed by atoms with van der Waals surface area (Å²) in [6.45, 7) is 1.85. The van der Waals surface area contributed by atoms with E-state index >= 15 is 0 Å². The van der Waals surface area contributed by atoms with E-state index in [4.69, 9.17) is 25.6 Å². The number of carbonyl (C=O) groups excluding carboxylic acids is 1. The second-order valence-electron chi connectivity index (χ2n) is 7.39. The number of ether oxygens (including phenoxy) is 2. The van der Waals surface area contributed by atoms with Gasteiger partial charge in [0.2, 0.25) is 17.6 Å². The summed E-state index contributed by atoms with van der Waals surface area (Å²) in [7, 11) is 0. The summed E-state index contributed by atoms with van der Waals surface area (Å²) in [4.78, 5) is 16.5. The molecular weight excluding hydrogens is 418 g/mol. The van der Waals surface area contributed by atoms with Crippen LogP contribution in [-0.4, -0.2) is 35.4 Å². The van der Waals surface area contributed by atoms with Gasteiger partial charge in [-0.25, -0.2) is 0 Å². The number of halogens is 1. The van der Waals surface area contributed by atoms with E-state index in [0.29, 0.717) is 36.3 Å². The van der Waals surface area contributed by atoms with Crippen molar-refractivity contribution in [3.8, 4) is 17.1 Å². The fourth-order valence-electron chi connectivity index (χ4n) is 3.25. The molecule has 2 heterocycles. The minimum absolute atomic E-state index is 0.0787. The number of rotatable bonds is 9. The Balaban J connectivity index is 1.18. The number of carbonyl (C=O) groups is 1. The Bertz CT molecular complexity index is 983. The van der Waals surface area contributed by atoms with Crippen LogP contribution in [0.5, 0.6) is 5.75 Å². The van der Waals surface area contributed by atoms with Crippen LogP contribution in [0.2, 0.25) is 5.02 Å². The average Bonchev–Trinajstić information content (AvgIpc) is 3.48. The zero-order chi connectivity index (χ0) is 21.5. The molecule has 1 N–H and O–H groups in total. The van der Waals surface area contributed by atoms with Crippen molar-refractivity contribution in [2.75, 3.05) is 13.2 Å². The van der Waals surface area contributed by atoms with E-state index in [0.717, 1.165) is 36.3 Å². The van der Waals surface area contributed by atoms with Crippen molar-refractivity contribution in [1.82, 2.24) is 15.5 Å². The summed E-state index contributed by atoms with van der Waals surface area (Å²) in [5.41, 5.74) is 1.81. The van der Waals surface area contributed by atoms with Crippen LogP contribution in [0, 0.1) is 0 Å². The molecule has 3 aromatic rings. The highest BCUT2D eigenvalue weighted by Crippen LogP contribution is 2.19. The largest absolute Gasteiger partial charge is 0.491 e. The van der Waals surface area contributed by atoms with Crippen molar-refractivity contribution in [2.24, 2.45) is 0 Å². The van der Waals surface area contributed by atoms with Gasteiger partial charge in [0.25, 0.3) is 0 Å². The number of aryl methyl sites for hydroxylation is 1. The van der Waals surface area contributed by atoms with E-state index < -0.39 is 0 Å². The van der Waals surface area contributed by atoms with Gasteiger partial charge in [-0.15, -0.1) is 0 Å². The lowest BCUT2D eigenvalue weighted by molar-refractivity contribution is -0.121. The fourth-order valence-corrected chi connectivity index (χ4v) is 3.38. The lowest BCUT2D eigenvalue weighted by Gasteiger charge is -2.12. The molecule has 31 heavy (non-hydrogen) atoms. The predicted molar refractivity (Wildman–Crippen MR) is 116 cm³/mol. The average molecular weight is 442 g/mol. The lowest BCUT2D eigenvalue weighted by atomic mass is 10.2. The normalized spacial score (nSPS) is 15.7. The van der Waals surface area contributed by atoms with E-state index in [9.17, 15) is 4.79 Å². The number of benzene rings is 2. The van der Waals surface area contributed by atoms with Crippen LogP contribution >= 0.6 is 11.6 Å². The molecule has 162 valence electrons. The Labute approximate surface area is 185 Å². The van der Waals surface area contributed by atoms with Gasteiger partial charge in [0.1, 0.15) is 12.4 Å². The van der Waals surface area contributed by atoms with Gasteiger partial charge in [-0.05, 0) is 54.8 Å². The Morgan fingerprint density at radius 3 is 2.71 bits per heavy atom. The maximum atomic E-state index is 12.2. The maximum absolute atomic E-state index is 12.2. The minimum Gasteiger partial charge on any atom is -0.491 e. The van der Waals surface area contributed by atoms with Gasteiger partial charge < -0.3 is 19.3 Å². The monoisotopic (exact) mass is 441 g/mol. The number of hydrogen-bond acceptors (Lipinski definition) is 6. The Morgan fingerprint density at radius 1 is 1.16 bits per heavy atom. The quantitative estimate of drug-likeness (QED) is 0.535. The molecule has 1 aromatic heterocycles. The standard InChI is InChI=1S/C23H24ClN3O4/c24-18-7-5-17(6-8-18)23-26-22(31-27-23)12-11-21(28)25-14-16-3-9-19(10-4-16)30-15-20-2-1-13-29-20/h3-10,20H,1-2,11-15H2,(H,25,28). The van der Waals surface area contributed by atoms with Crippen LogP contribution < -0.4 is 10.1 Å². The summed E-state index contributed by atoms with van der Waals surface area (Å²) < 4.78 is 16.5. The molecule has 1 aliphatic heterocycles. The first-order valence-corrected chi connectivity index (χ1v) is 10.7. The predicted octanol–water partition coefficient (Wildman–Crippen LogP) is 4.20. The molecule has 0 aliphatic carbocycles. The van der Waals surface area contributed by atoms with Crippen molar-refractivity contribution in [3.05, 3.63) is 65.0 Å². The van der Waals surface area contributed by atoms with Crippen LogP contribution in [0.1, 0.15) is 30.7 Å². The molecule has 0 bridgehead atoms. The van der Waals surface area contributed by atoms with Gasteiger partial charge in [0.05, 0.1) is 6.10 Å². The topological polar surface area (TPSA) is 86.5 Å². The molecule has 0 radical (unpaired) electrons. The summed E-state index contributed by atoms with van der Waals surface area (Å²) in [6, 6.07) is 14.9. The zero-order valence-electron chi connectivity index (χ0n) is 17.1. The molecule has 1 unspecified atom stereocenters. The molecule has 8 heteroatoms. The summed E-state index contributed by atoms with van der Waals surface area (Å²) in [6.07, 6.45) is 2.99. The van der Waals surface area contributed by atoms with Crippen LogP contribution in [0.15, 0.2) is 53.1 Å². The second kappa shape index (κ2) is 10.4. The van der Waals surface area contributed by atoms with Crippen LogP contribution in [-0.2, 0) is 22.5 Å². The third-order valence-electron chi connectivity index (χ3n) is 5.01. The molecule has 0 spiro atoms. The molecule has 1 fully saturated rings. The molecule has 1 aliphatic rings. The number of nitrogens with one attached hydrogen (secondary N) is 1. The Hall–Kier alpha value is -2.90. The maximum Gasteiger partial charge on any atom is 0.227 e. The van der Waals surface area contributed by atoms with E-state index in [1.165, 1.54) is 0 Å².